The number of hydrogen-bond donors (Lipinski definition) is 3. The largest absolute Gasteiger partial charge is 0.494 e. The van der Waals surface area contributed by atoms with Crippen LogP contribution in [0.2, 0.25) is 0 Å². The molecule has 0 radical (unpaired) electrons. The van der Waals surface area contributed by atoms with Crippen LogP contribution in [0.4, 0.5) is 10.6 Å². The van der Waals surface area contributed by atoms with E-state index in [2.05, 4.69) is 20.9 Å². The number of hydrogen-bond acceptors (Lipinski definition) is 8. The van der Waals surface area contributed by atoms with Gasteiger partial charge in [0.15, 0.2) is 5.82 Å². The summed E-state index contributed by atoms with van der Waals surface area (Å²) in [4.78, 5) is 59.5. The molecule has 0 spiro atoms. The van der Waals surface area contributed by atoms with E-state index in [1.807, 2.05) is 66.4 Å². The summed E-state index contributed by atoms with van der Waals surface area (Å²) >= 11 is 0. The van der Waals surface area contributed by atoms with Crippen LogP contribution in [0, 0.1) is 0 Å². The summed E-state index contributed by atoms with van der Waals surface area (Å²) in [7, 11) is 0. The van der Waals surface area contributed by atoms with E-state index in [0.29, 0.717) is 25.4 Å². The van der Waals surface area contributed by atoms with Crippen LogP contribution in [-0.2, 0) is 30.5 Å². The number of rotatable bonds is 14. The van der Waals surface area contributed by atoms with Crippen LogP contribution in [0.15, 0.2) is 67.1 Å². The van der Waals surface area contributed by atoms with Gasteiger partial charge in [-0.05, 0) is 77.6 Å². The van der Waals surface area contributed by atoms with Crippen molar-refractivity contribution in [3.05, 3.63) is 78.2 Å². The van der Waals surface area contributed by atoms with Gasteiger partial charge in [0, 0.05) is 19.3 Å². The van der Waals surface area contributed by atoms with E-state index in [0.717, 1.165) is 24.0 Å². The average molecular weight is 693 g/mol. The normalized spacial score (nSPS) is 14.2. The van der Waals surface area contributed by atoms with Crippen LogP contribution >= 0.6 is 0 Å². The maximum Gasteiger partial charge on any atom is 0.408 e. The fraction of sp³-hybridized carbons (Fsp3) is 0.486. The molecule has 0 bridgehead atoms. The Balaban J connectivity index is 0.00000676. The monoisotopic (exact) mass is 692 g/mol. The summed E-state index contributed by atoms with van der Waals surface area (Å²) in [5.74, 6) is -0.411. The van der Waals surface area contributed by atoms with Crippen molar-refractivity contribution < 1.29 is 33.4 Å². The van der Waals surface area contributed by atoms with Gasteiger partial charge in [-0.25, -0.2) is 9.78 Å². The highest BCUT2D eigenvalue weighted by molar-refractivity contribution is 5.98. The second-order valence-electron chi connectivity index (χ2n) is 13.4. The van der Waals surface area contributed by atoms with Crippen LogP contribution in [0.25, 0.3) is 0 Å². The summed E-state index contributed by atoms with van der Waals surface area (Å²) in [6, 6.07) is 14.9. The smallest absolute Gasteiger partial charge is 0.408 e. The van der Waals surface area contributed by atoms with Crippen LogP contribution < -0.4 is 20.7 Å². The highest BCUT2D eigenvalue weighted by Gasteiger charge is 2.35. The van der Waals surface area contributed by atoms with E-state index in [1.165, 1.54) is 20.2 Å². The van der Waals surface area contributed by atoms with Gasteiger partial charge in [0.05, 0.1) is 26.1 Å². The molecule has 1 fully saturated rings. The quantitative estimate of drug-likeness (QED) is 0.212. The molecule has 13 heteroatoms. The third-order valence-electron chi connectivity index (χ3n) is 7.71. The summed E-state index contributed by atoms with van der Waals surface area (Å²) in [6.45, 7) is 12.0. The summed E-state index contributed by atoms with van der Waals surface area (Å²) in [6.07, 6.45) is 4.19. The maximum atomic E-state index is 13.8. The molecule has 1 aliphatic heterocycles. The second-order valence-corrected chi connectivity index (χ2v) is 13.4. The van der Waals surface area contributed by atoms with Crippen molar-refractivity contribution >= 4 is 29.6 Å². The fourth-order valence-corrected chi connectivity index (χ4v) is 5.23. The molecule has 13 nitrogen and oxygen atoms in total. The Labute approximate surface area is 295 Å². The van der Waals surface area contributed by atoms with E-state index < -0.39 is 41.1 Å². The Kier molecular flexibility index (Phi) is 14.0. The first-order valence-corrected chi connectivity index (χ1v) is 16.6. The first-order valence-electron chi connectivity index (χ1n) is 16.6. The van der Waals surface area contributed by atoms with Gasteiger partial charge in [-0.2, -0.15) is 0 Å². The van der Waals surface area contributed by atoms with E-state index in [9.17, 15) is 19.2 Å². The topological polar surface area (TPSA) is 153 Å². The number of carbonyl (C=O) groups is 4. The molecule has 1 aromatic heterocycles. The molecule has 272 valence electrons. The molecular weight excluding hydrogens is 640 g/mol. The fourth-order valence-electron chi connectivity index (χ4n) is 5.23. The lowest BCUT2D eigenvalue weighted by molar-refractivity contribution is -0.132. The third-order valence-corrected chi connectivity index (χ3v) is 7.71. The van der Waals surface area contributed by atoms with Gasteiger partial charge in [-0.3, -0.25) is 14.4 Å². The molecule has 1 unspecified atom stereocenters. The van der Waals surface area contributed by atoms with Crippen molar-refractivity contribution in [2.75, 3.05) is 31.6 Å². The molecule has 2 atom stereocenters. The van der Waals surface area contributed by atoms with Crippen LogP contribution in [0.1, 0.15) is 79.0 Å². The zero-order valence-corrected chi connectivity index (χ0v) is 29.2. The number of imidazole rings is 1. The number of benzene rings is 2. The van der Waals surface area contributed by atoms with Crippen molar-refractivity contribution in [3.63, 3.8) is 0 Å². The van der Waals surface area contributed by atoms with Crippen molar-refractivity contribution in [2.24, 2.45) is 0 Å². The van der Waals surface area contributed by atoms with Gasteiger partial charge in [-0.15, -0.1) is 0 Å². The Morgan fingerprint density at radius 3 is 2.22 bits per heavy atom. The Morgan fingerprint density at radius 1 is 0.940 bits per heavy atom. The van der Waals surface area contributed by atoms with Gasteiger partial charge >= 0.3 is 6.09 Å². The first-order chi connectivity index (χ1) is 23.3. The molecule has 0 aliphatic carbocycles. The standard InChI is InChI=1S/C36H48N6O7.CH4/c1-7-48-27-17-15-26(16-18-27)30(32(44)41-19-11-12-20-41)42-21-29(37-24-42)39-31(43)28(23-47-22-25-13-9-8-10-14-25)38-33(45)36(5,6)40-34(46)49-35(2,3)4;/h8-10,13-18,21,24,28,30H,7,11-12,19-20,22-23H2,1-6H3,(H,38,45)(H,39,43)(H,40,46);1H4/t28-,30?;/m1./s1. The highest BCUT2D eigenvalue weighted by atomic mass is 16.6. The van der Waals surface area contributed by atoms with Crippen molar-refractivity contribution in [3.8, 4) is 5.75 Å². The van der Waals surface area contributed by atoms with Crippen LogP contribution in [0.3, 0.4) is 0 Å². The zero-order chi connectivity index (χ0) is 35.6. The van der Waals surface area contributed by atoms with Gasteiger partial charge in [-0.1, -0.05) is 49.9 Å². The van der Waals surface area contributed by atoms with Crippen molar-refractivity contribution in [1.29, 1.82) is 0 Å². The summed E-state index contributed by atoms with van der Waals surface area (Å²) in [5, 5.41) is 8.02. The Hall–Kier alpha value is -4.91. The number of nitrogens with zero attached hydrogens (tertiary/aromatic N) is 3. The molecule has 0 saturated carbocycles. The van der Waals surface area contributed by atoms with E-state index >= 15 is 0 Å². The molecule has 1 aliphatic rings. The maximum absolute atomic E-state index is 13.8. The Bertz CT molecular complexity index is 1560. The Morgan fingerprint density at radius 2 is 1.60 bits per heavy atom. The number of aromatic nitrogens is 2. The number of ether oxygens (including phenoxy) is 3. The molecule has 2 heterocycles. The molecule has 4 rings (SSSR count). The first kappa shape index (κ1) is 39.5. The van der Waals surface area contributed by atoms with Crippen molar-refractivity contribution in [1.82, 2.24) is 25.1 Å². The number of carbonyl (C=O) groups excluding carboxylic acids is 4. The molecule has 50 heavy (non-hydrogen) atoms. The lowest BCUT2D eigenvalue weighted by Gasteiger charge is -2.29. The predicted octanol–water partition coefficient (Wildman–Crippen LogP) is 5.07. The summed E-state index contributed by atoms with van der Waals surface area (Å²) in [5.41, 5.74) is -0.557. The van der Waals surface area contributed by atoms with Crippen LogP contribution in [0.5, 0.6) is 5.75 Å². The van der Waals surface area contributed by atoms with E-state index in [4.69, 9.17) is 14.2 Å². The molecule has 3 aromatic rings. The van der Waals surface area contributed by atoms with E-state index in [-0.39, 0.29) is 32.4 Å². The number of nitrogens with one attached hydrogen (secondary N) is 3. The molecular formula is C37H52N6O7. The van der Waals surface area contributed by atoms with Gasteiger partial charge < -0.3 is 39.6 Å². The molecule has 2 aromatic carbocycles. The number of alkyl carbamates (subject to hydrolysis) is 1. The number of amides is 4. The lowest BCUT2D eigenvalue weighted by Crippen LogP contribution is -2.59. The third kappa shape index (κ3) is 11.3. The van der Waals surface area contributed by atoms with Crippen LogP contribution in [-0.4, -0.2) is 81.8 Å². The summed E-state index contributed by atoms with van der Waals surface area (Å²) < 4.78 is 18.4. The van der Waals surface area contributed by atoms with Gasteiger partial charge in [0.25, 0.3) is 5.91 Å². The minimum absolute atomic E-state index is 0. The van der Waals surface area contributed by atoms with Gasteiger partial charge in [0.1, 0.15) is 29.0 Å². The highest BCUT2D eigenvalue weighted by Crippen LogP contribution is 2.26. The minimum Gasteiger partial charge on any atom is -0.494 e. The average Bonchev–Trinajstić information content (AvgIpc) is 3.74. The zero-order valence-electron chi connectivity index (χ0n) is 29.2. The lowest BCUT2D eigenvalue weighted by atomic mass is 10.0. The molecule has 3 N–H and O–H groups in total. The SMILES string of the molecule is C.CCOc1ccc(C(C(=O)N2CCCC2)n2cnc(NC(=O)[C@@H](COCc3ccccc3)NC(=O)C(C)(C)NC(=O)OC(C)(C)C)c2)cc1. The number of anilines is 1. The number of likely N-dealkylation sites (tertiary alicyclic amines) is 1. The predicted molar refractivity (Wildman–Crippen MR) is 191 cm³/mol. The van der Waals surface area contributed by atoms with Gasteiger partial charge in [0.2, 0.25) is 11.8 Å². The molecule has 1 saturated heterocycles. The van der Waals surface area contributed by atoms with Crippen molar-refractivity contribution in [2.45, 2.75) is 91.6 Å². The van der Waals surface area contributed by atoms with E-state index in [1.54, 1.807) is 31.5 Å². The molecule has 4 amide bonds. The minimum atomic E-state index is -1.43. The second kappa shape index (κ2) is 17.7.